The minimum atomic E-state index is 0.437. The second-order valence-corrected chi connectivity index (χ2v) is 3.80. The molecule has 0 amide bonds. The minimum absolute atomic E-state index is 0.437. The molecule has 13 heavy (non-hydrogen) atoms. The number of hydrogen-bond acceptors (Lipinski definition) is 2. The maximum absolute atomic E-state index is 5.41. The van der Waals surface area contributed by atoms with Crippen molar-refractivity contribution in [2.24, 2.45) is 5.92 Å². The van der Waals surface area contributed by atoms with Gasteiger partial charge in [-0.3, -0.25) is 0 Å². The van der Waals surface area contributed by atoms with E-state index in [1.165, 1.54) is 19.3 Å². The van der Waals surface area contributed by atoms with Gasteiger partial charge in [0.2, 0.25) is 0 Å². The lowest BCUT2D eigenvalue weighted by atomic mass is 10.1. The molecule has 2 rings (SSSR count). The smallest absolute Gasteiger partial charge is 0.120 e. The second kappa shape index (κ2) is 3.97. The van der Waals surface area contributed by atoms with Crippen LogP contribution in [0.3, 0.4) is 0 Å². The maximum atomic E-state index is 5.41. The van der Waals surface area contributed by atoms with Crippen LogP contribution in [0.2, 0.25) is 0 Å². The van der Waals surface area contributed by atoms with Gasteiger partial charge in [-0.1, -0.05) is 19.8 Å². The highest BCUT2D eigenvalue weighted by Crippen LogP contribution is 2.37. The summed E-state index contributed by atoms with van der Waals surface area (Å²) in [5, 5.41) is 3.46. The van der Waals surface area contributed by atoms with Crippen molar-refractivity contribution in [2.45, 2.75) is 32.2 Å². The van der Waals surface area contributed by atoms with Gasteiger partial charge in [0.05, 0.1) is 12.3 Å². The Labute approximate surface area is 79.3 Å². The summed E-state index contributed by atoms with van der Waals surface area (Å²) in [5.74, 6) is 2.03. The molecule has 1 heterocycles. The van der Waals surface area contributed by atoms with Crippen LogP contribution in [0.4, 0.5) is 0 Å². The van der Waals surface area contributed by atoms with Gasteiger partial charge < -0.3 is 9.73 Å². The van der Waals surface area contributed by atoms with Crippen molar-refractivity contribution < 1.29 is 4.42 Å². The zero-order chi connectivity index (χ0) is 9.10. The molecule has 1 aliphatic rings. The van der Waals surface area contributed by atoms with Crippen molar-refractivity contribution >= 4 is 0 Å². The highest BCUT2D eigenvalue weighted by atomic mass is 16.3. The van der Waals surface area contributed by atoms with E-state index in [1.54, 1.807) is 6.26 Å². The average molecular weight is 179 g/mol. The van der Waals surface area contributed by atoms with E-state index in [0.717, 1.165) is 18.2 Å². The third kappa shape index (κ3) is 2.34. The van der Waals surface area contributed by atoms with Gasteiger partial charge >= 0.3 is 0 Å². The highest BCUT2D eigenvalue weighted by molar-refractivity contribution is 5.05. The monoisotopic (exact) mass is 179 g/mol. The summed E-state index contributed by atoms with van der Waals surface area (Å²) in [6.45, 7) is 3.15. The maximum Gasteiger partial charge on any atom is 0.120 e. The van der Waals surface area contributed by atoms with Crippen molar-refractivity contribution in [3.05, 3.63) is 24.2 Å². The Morgan fingerprint density at radius 1 is 1.62 bits per heavy atom. The first-order valence-electron chi connectivity index (χ1n) is 5.17. The van der Waals surface area contributed by atoms with E-state index >= 15 is 0 Å². The van der Waals surface area contributed by atoms with E-state index in [1.807, 2.05) is 6.07 Å². The summed E-state index contributed by atoms with van der Waals surface area (Å²) in [7, 11) is 0. The van der Waals surface area contributed by atoms with E-state index in [2.05, 4.69) is 18.3 Å². The molecule has 1 unspecified atom stereocenters. The van der Waals surface area contributed by atoms with E-state index in [-0.39, 0.29) is 0 Å². The largest absolute Gasteiger partial charge is 0.468 e. The summed E-state index contributed by atoms with van der Waals surface area (Å²) in [6, 6.07) is 4.47. The zero-order valence-corrected chi connectivity index (χ0v) is 8.12. The fourth-order valence-electron chi connectivity index (χ4n) is 1.72. The van der Waals surface area contributed by atoms with Crippen molar-refractivity contribution in [2.75, 3.05) is 6.54 Å². The van der Waals surface area contributed by atoms with Crippen LogP contribution in [-0.4, -0.2) is 6.54 Å². The summed E-state index contributed by atoms with van der Waals surface area (Å²) in [5.41, 5.74) is 0. The Morgan fingerprint density at radius 2 is 2.46 bits per heavy atom. The van der Waals surface area contributed by atoms with E-state index in [0.29, 0.717) is 6.04 Å². The summed E-state index contributed by atoms with van der Waals surface area (Å²) in [4.78, 5) is 0. The Bertz CT molecular complexity index is 239. The normalized spacial score (nSPS) is 18.8. The Hall–Kier alpha value is -0.760. The number of nitrogens with one attached hydrogen (secondary N) is 1. The standard InChI is InChI=1S/C11H17NO/c1-2-12-10(8-9-5-6-9)11-4-3-7-13-11/h3-4,7,9-10,12H,2,5-6,8H2,1H3. The minimum Gasteiger partial charge on any atom is -0.468 e. The molecule has 1 saturated carbocycles. The molecular weight excluding hydrogens is 162 g/mol. The Balaban J connectivity index is 1.95. The molecule has 0 saturated heterocycles. The third-order valence-corrected chi connectivity index (χ3v) is 2.60. The number of rotatable bonds is 5. The fourth-order valence-corrected chi connectivity index (χ4v) is 1.72. The molecule has 1 aromatic rings. The van der Waals surface area contributed by atoms with Gasteiger partial charge in [0.15, 0.2) is 0 Å². The molecule has 1 fully saturated rings. The van der Waals surface area contributed by atoms with Gasteiger partial charge in [-0.25, -0.2) is 0 Å². The summed E-state index contributed by atoms with van der Waals surface area (Å²) in [6.07, 6.45) is 5.80. The van der Waals surface area contributed by atoms with Crippen LogP contribution >= 0.6 is 0 Å². The van der Waals surface area contributed by atoms with Crippen LogP contribution in [0.15, 0.2) is 22.8 Å². The zero-order valence-electron chi connectivity index (χ0n) is 8.12. The first kappa shape index (κ1) is 8.82. The van der Waals surface area contributed by atoms with Gasteiger partial charge in [0.1, 0.15) is 5.76 Å². The van der Waals surface area contributed by atoms with Crippen molar-refractivity contribution in [3.63, 3.8) is 0 Å². The molecule has 1 aromatic heterocycles. The molecule has 1 atom stereocenters. The number of furan rings is 1. The molecule has 2 heteroatoms. The van der Waals surface area contributed by atoms with Gasteiger partial charge in [0, 0.05) is 0 Å². The fraction of sp³-hybridized carbons (Fsp3) is 0.636. The Kier molecular flexibility index (Phi) is 2.69. The van der Waals surface area contributed by atoms with Crippen LogP contribution < -0.4 is 5.32 Å². The predicted octanol–water partition coefficient (Wildman–Crippen LogP) is 2.73. The van der Waals surface area contributed by atoms with Gasteiger partial charge in [-0.15, -0.1) is 0 Å². The molecular formula is C11H17NO. The molecule has 1 N–H and O–H groups in total. The van der Waals surface area contributed by atoms with Gasteiger partial charge in [-0.05, 0) is 31.0 Å². The van der Waals surface area contributed by atoms with Crippen LogP contribution in [-0.2, 0) is 0 Å². The van der Waals surface area contributed by atoms with Crippen molar-refractivity contribution in [1.82, 2.24) is 5.32 Å². The molecule has 1 aliphatic carbocycles. The first-order chi connectivity index (χ1) is 6.40. The lowest BCUT2D eigenvalue weighted by Crippen LogP contribution is -2.20. The van der Waals surface area contributed by atoms with Gasteiger partial charge in [0.25, 0.3) is 0 Å². The molecule has 72 valence electrons. The summed E-state index contributed by atoms with van der Waals surface area (Å²) >= 11 is 0. The van der Waals surface area contributed by atoms with Crippen LogP contribution in [0.5, 0.6) is 0 Å². The van der Waals surface area contributed by atoms with Crippen LogP contribution in [0.25, 0.3) is 0 Å². The predicted molar refractivity (Wildman–Crippen MR) is 52.5 cm³/mol. The highest BCUT2D eigenvalue weighted by Gasteiger charge is 2.26. The lowest BCUT2D eigenvalue weighted by molar-refractivity contribution is 0.389. The SMILES string of the molecule is CCNC(CC1CC1)c1ccco1. The van der Waals surface area contributed by atoms with Crippen LogP contribution in [0, 0.1) is 5.92 Å². The van der Waals surface area contributed by atoms with E-state index in [9.17, 15) is 0 Å². The summed E-state index contributed by atoms with van der Waals surface area (Å²) < 4.78 is 5.41. The lowest BCUT2D eigenvalue weighted by Gasteiger charge is -2.14. The molecule has 2 nitrogen and oxygen atoms in total. The van der Waals surface area contributed by atoms with Crippen molar-refractivity contribution in [1.29, 1.82) is 0 Å². The van der Waals surface area contributed by atoms with E-state index in [4.69, 9.17) is 4.42 Å². The molecule has 0 aromatic carbocycles. The second-order valence-electron chi connectivity index (χ2n) is 3.80. The third-order valence-electron chi connectivity index (χ3n) is 2.60. The average Bonchev–Trinajstić information content (AvgIpc) is 2.80. The van der Waals surface area contributed by atoms with Gasteiger partial charge in [-0.2, -0.15) is 0 Å². The first-order valence-corrected chi connectivity index (χ1v) is 5.17. The van der Waals surface area contributed by atoms with Crippen LogP contribution in [0.1, 0.15) is 38.0 Å². The van der Waals surface area contributed by atoms with Crippen molar-refractivity contribution in [3.8, 4) is 0 Å². The molecule has 0 spiro atoms. The Morgan fingerprint density at radius 3 is 3.00 bits per heavy atom. The number of hydrogen-bond donors (Lipinski definition) is 1. The molecule has 0 bridgehead atoms. The quantitative estimate of drug-likeness (QED) is 0.751. The topological polar surface area (TPSA) is 25.2 Å². The molecule has 0 aliphatic heterocycles. The molecule has 0 radical (unpaired) electrons. The van der Waals surface area contributed by atoms with E-state index < -0.39 is 0 Å².